The summed E-state index contributed by atoms with van der Waals surface area (Å²) in [6.45, 7) is 0.814. The minimum atomic E-state index is -0.241. The molecule has 1 aliphatic rings. The molecule has 1 aromatic carbocycles. The molecule has 1 aliphatic heterocycles. The van der Waals surface area contributed by atoms with E-state index in [-0.39, 0.29) is 11.7 Å². The van der Waals surface area contributed by atoms with Gasteiger partial charge in [0.05, 0.1) is 12.0 Å². The fraction of sp³-hybridized carbons (Fsp3) is 0.364. The molecule has 0 amide bonds. The lowest BCUT2D eigenvalue weighted by atomic mass is 9.91. The van der Waals surface area contributed by atoms with Gasteiger partial charge in [-0.05, 0) is 24.1 Å². The van der Waals surface area contributed by atoms with E-state index >= 15 is 0 Å². The van der Waals surface area contributed by atoms with Gasteiger partial charge in [0, 0.05) is 19.3 Å². The summed E-state index contributed by atoms with van der Waals surface area (Å²) in [6.07, 6.45) is 0.825. The Morgan fingerprint density at radius 3 is 3.07 bits per heavy atom. The number of nitrogens with zero attached hydrogens (tertiary/aromatic N) is 2. The van der Waals surface area contributed by atoms with Gasteiger partial charge in [-0.25, -0.2) is 4.39 Å². The Kier molecular flexibility index (Phi) is 2.12. The van der Waals surface area contributed by atoms with Gasteiger partial charge in [0.2, 0.25) is 0 Å². The zero-order valence-corrected chi connectivity index (χ0v) is 8.00. The Bertz CT molecular complexity index is 395. The zero-order valence-electron chi connectivity index (χ0n) is 8.00. The topological polar surface area (TPSA) is 27.0 Å². The molecule has 0 saturated carbocycles. The van der Waals surface area contributed by atoms with Crippen LogP contribution in [0.1, 0.15) is 17.9 Å². The van der Waals surface area contributed by atoms with Gasteiger partial charge >= 0.3 is 0 Å². The Balaban J connectivity index is 2.52. The second-order valence-electron chi connectivity index (χ2n) is 3.60. The quantitative estimate of drug-likeness (QED) is 0.627. The summed E-state index contributed by atoms with van der Waals surface area (Å²) in [5.74, 6) is -0.323. The molecule has 1 heterocycles. The SMILES string of the molecule is CN1CCC(C#N)c2ccc(F)cc21. The van der Waals surface area contributed by atoms with E-state index < -0.39 is 0 Å². The molecule has 2 nitrogen and oxygen atoms in total. The Morgan fingerprint density at radius 1 is 1.57 bits per heavy atom. The second kappa shape index (κ2) is 3.30. The van der Waals surface area contributed by atoms with Crippen LogP contribution in [0, 0.1) is 17.1 Å². The van der Waals surface area contributed by atoms with Crippen molar-refractivity contribution in [1.29, 1.82) is 5.26 Å². The van der Waals surface area contributed by atoms with Crippen molar-refractivity contribution in [2.75, 3.05) is 18.5 Å². The maximum Gasteiger partial charge on any atom is 0.125 e. The summed E-state index contributed by atoms with van der Waals surface area (Å²) in [5, 5.41) is 8.93. The van der Waals surface area contributed by atoms with Crippen LogP contribution in [0.4, 0.5) is 10.1 Å². The summed E-state index contributed by atoms with van der Waals surface area (Å²) in [7, 11) is 1.92. The van der Waals surface area contributed by atoms with Crippen molar-refractivity contribution < 1.29 is 4.39 Å². The highest BCUT2D eigenvalue weighted by Crippen LogP contribution is 2.34. The summed E-state index contributed by atoms with van der Waals surface area (Å²) in [4.78, 5) is 1.99. The highest BCUT2D eigenvalue weighted by Gasteiger charge is 2.22. The van der Waals surface area contributed by atoms with E-state index in [9.17, 15) is 4.39 Å². The Labute approximate surface area is 82.6 Å². The minimum absolute atomic E-state index is 0.0817. The van der Waals surface area contributed by atoms with E-state index in [1.54, 1.807) is 6.07 Å². The monoisotopic (exact) mass is 190 g/mol. The average molecular weight is 190 g/mol. The third kappa shape index (κ3) is 1.33. The van der Waals surface area contributed by atoms with Crippen LogP contribution in [0.15, 0.2) is 18.2 Å². The van der Waals surface area contributed by atoms with Crippen molar-refractivity contribution in [1.82, 2.24) is 0 Å². The summed E-state index contributed by atoms with van der Waals surface area (Å²) >= 11 is 0. The summed E-state index contributed by atoms with van der Waals surface area (Å²) < 4.78 is 13.0. The highest BCUT2D eigenvalue weighted by molar-refractivity contribution is 5.58. The van der Waals surface area contributed by atoms with Crippen LogP contribution in [0.5, 0.6) is 0 Å². The van der Waals surface area contributed by atoms with Crippen LogP contribution in [0.25, 0.3) is 0 Å². The first-order chi connectivity index (χ1) is 6.72. The third-order valence-electron chi connectivity index (χ3n) is 2.69. The van der Waals surface area contributed by atoms with Gasteiger partial charge in [0.25, 0.3) is 0 Å². The van der Waals surface area contributed by atoms with E-state index in [2.05, 4.69) is 6.07 Å². The van der Waals surface area contributed by atoms with Crippen molar-refractivity contribution in [3.05, 3.63) is 29.6 Å². The van der Waals surface area contributed by atoms with E-state index in [4.69, 9.17) is 5.26 Å². The molecule has 14 heavy (non-hydrogen) atoms. The van der Waals surface area contributed by atoms with Crippen molar-refractivity contribution in [3.8, 4) is 6.07 Å². The molecular formula is C11H11FN2. The maximum absolute atomic E-state index is 13.0. The molecule has 0 N–H and O–H groups in total. The molecule has 0 radical (unpaired) electrons. The molecule has 0 saturated heterocycles. The fourth-order valence-corrected chi connectivity index (χ4v) is 1.87. The van der Waals surface area contributed by atoms with E-state index in [1.807, 2.05) is 11.9 Å². The molecule has 3 heteroatoms. The summed E-state index contributed by atoms with van der Waals surface area (Å²) in [5.41, 5.74) is 1.80. The maximum atomic E-state index is 13.0. The van der Waals surface area contributed by atoms with Crippen molar-refractivity contribution in [2.45, 2.75) is 12.3 Å². The van der Waals surface area contributed by atoms with Crippen LogP contribution in [-0.2, 0) is 0 Å². The van der Waals surface area contributed by atoms with Crippen molar-refractivity contribution in [2.24, 2.45) is 0 Å². The normalized spacial score (nSPS) is 20.1. The van der Waals surface area contributed by atoms with Crippen LogP contribution >= 0.6 is 0 Å². The summed E-state index contributed by atoms with van der Waals surface area (Å²) in [6, 6.07) is 6.89. The van der Waals surface area contributed by atoms with Gasteiger partial charge in [0.15, 0.2) is 0 Å². The lowest BCUT2D eigenvalue weighted by molar-refractivity contribution is 0.619. The number of halogens is 1. The van der Waals surface area contributed by atoms with Crippen LogP contribution in [0.2, 0.25) is 0 Å². The smallest absolute Gasteiger partial charge is 0.125 e. The Hall–Kier alpha value is -1.56. The number of rotatable bonds is 0. The molecular weight excluding hydrogens is 179 g/mol. The fourth-order valence-electron chi connectivity index (χ4n) is 1.87. The molecule has 1 unspecified atom stereocenters. The van der Waals surface area contributed by atoms with Crippen molar-refractivity contribution >= 4 is 5.69 Å². The first-order valence-electron chi connectivity index (χ1n) is 4.62. The third-order valence-corrected chi connectivity index (χ3v) is 2.69. The number of hydrogen-bond donors (Lipinski definition) is 0. The van der Waals surface area contributed by atoms with Gasteiger partial charge in [-0.3, -0.25) is 0 Å². The van der Waals surface area contributed by atoms with Crippen LogP contribution in [-0.4, -0.2) is 13.6 Å². The number of nitriles is 1. The standard InChI is InChI=1S/C11H11FN2/c1-14-5-4-8(7-13)10-3-2-9(12)6-11(10)14/h2-3,6,8H,4-5H2,1H3. The van der Waals surface area contributed by atoms with E-state index in [1.165, 1.54) is 12.1 Å². The van der Waals surface area contributed by atoms with Crippen LogP contribution in [0.3, 0.4) is 0 Å². The molecule has 2 rings (SSSR count). The van der Waals surface area contributed by atoms with Gasteiger partial charge in [-0.15, -0.1) is 0 Å². The van der Waals surface area contributed by atoms with Gasteiger partial charge in [-0.1, -0.05) is 6.07 Å². The van der Waals surface area contributed by atoms with Crippen molar-refractivity contribution in [3.63, 3.8) is 0 Å². The molecule has 0 spiro atoms. The predicted molar refractivity (Wildman–Crippen MR) is 52.6 cm³/mol. The molecule has 0 fully saturated rings. The minimum Gasteiger partial charge on any atom is -0.374 e. The first-order valence-corrected chi connectivity index (χ1v) is 4.62. The predicted octanol–water partition coefficient (Wildman–Crippen LogP) is 2.27. The zero-order chi connectivity index (χ0) is 10.1. The highest BCUT2D eigenvalue weighted by atomic mass is 19.1. The molecule has 0 bridgehead atoms. The van der Waals surface area contributed by atoms with E-state index in [0.29, 0.717) is 0 Å². The lowest BCUT2D eigenvalue weighted by Crippen LogP contribution is -2.26. The van der Waals surface area contributed by atoms with Crippen LogP contribution < -0.4 is 4.90 Å². The average Bonchev–Trinajstić information content (AvgIpc) is 2.19. The lowest BCUT2D eigenvalue weighted by Gasteiger charge is -2.30. The number of fused-ring (bicyclic) bond motifs is 1. The van der Waals surface area contributed by atoms with Gasteiger partial charge < -0.3 is 4.90 Å². The molecule has 0 aromatic heterocycles. The molecule has 1 atom stereocenters. The molecule has 0 aliphatic carbocycles. The molecule has 1 aromatic rings. The number of benzene rings is 1. The first kappa shape index (κ1) is 9.01. The largest absolute Gasteiger partial charge is 0.374 e. The Morgan fingerprint density at radius 2 is 2.36 bits per heavy atom. The second-order valence-corrected chi connectivity index (χ2v) is 3.60. The van der Waals surface area contributed by atoms with Gasteiger partial charge in [-0.2, -0.15) is 5.26 Å². The number of hydrogen-bond acceptors (Lipinski definition) is 2. The van der Waals surface area contributed by atoms with Gasteiger partial charge in [0.1, 0.15) is 5.82 Å². The number of anilines is 1. The van der Waals surface area contributed by atoms with E-state index in [0.717, 1.165) is 24.2 Å². The molecule has 72 valence electrons.